The lowest BCUT2D eigenvalue weighted by atomic mass is 10.1. The Balaban J connectivity index is 1.88. The Morgan fingerprint density at radius 3 is 2.53 bits per heavy atom. The first-order valence-electron chi connectivity index (χ1n) is 6.06. The molecule has 0 spiro atoms. The second kappa shape index (κ2) is 4.66. The van der Waals surface area contributed by atoms with Gasteiger partial charge in [0.2, 0.25) is 0 Å². The van der Waals surface area contributed by atoms with Crippen molar-refractivity contribution in [3.8, 4) is 0 Å². The number of hydrogen-bond donors (Lipinski definition) is 0. The number of hydrogen-bond acceptors (Lipinski definition) is 5. The molecule has 0 aliphatic carbocycles. The molecule has 0 fully saturated rings. The lowest BCUT2D eigenvalue weighted by molar-refractivity contribution is 0.0605. The summed E-state index contributed by atoms with van der Waals surface area (Å²) in [7, 11) is 1.40. The summed E-state index contributed by atoms with van der Waals surface area (Å²) >= 11 is 1.40. The maximum atomic E-state index is 11.6. The average Bonchev–Trinajstić information content (AvgIpc) is 3.00. The van der Waals surface area contributed by atoms with Crippen molar-refractivity contribution in [3.05, 3.63) is 46.0 Å². The zero-order valence-electron chi connectivity index (χ0n) is 10.8. The molecule has 1 aromatic heterocycles. The second-order valence-corrected chi connectivity index (χ2v) is 5.50. The quantitative estimate of drug-likeness (QED) is 0.790. The zero-order valence-corrected chi connectivity index (χ0v) is 11.7. The number of thiazole rings is 1. The molecule has 0 saturated heterocycles. The maximum Gasteiger partial charge on any atom is 0.350 e. The minimum atomic E-state index is -0.307. The summed E-state index contributed by atoms with van der Waals surface area (Å²) in [5.74, 6) is -0.307. The summed E-state index contributed by atoms with van der Waals surface area (Å²) in [6.45, 7) is 3.54. The van der Waals surface area contributed by atoms with Gasteiger partial charge in [-0.25, -0.2) is 9.78 Å². The molecule has 0 unspecified atom stereocenters. The van der Waals surface area contributed by atoms with E-state index in [4.69, 9.17) is 4.74 Å². The fourth-order valence-corrected chi connectivity index (χ4v) is 3.25. The second-order valence-electron chi connectivity index (χ2n) is 4.53. The number of ether oxygens (including phenoxy) is 1. The Morgan fingerprint density at radius 2 is 1.95 bits per heavy atom. The van der Waals surface area contributed by atoms with Gasteiger partial charge in [0.15, 0.2) is 5.13 Å². The number of nitrogens with zero attached hydrogens (tertiary/aromatic N) is 2. The number of esters is 1. The molecule has 0 N–H and O–H groups in total. The topological polar surface area (TPSA) is 42.4 Å². The molecule has 0 atom stereocenters. The van der Waals surface area contributed by atoms with Crippen molar-refractivity contribution >= 4 is 22.4 Å². The standard InChI is InChI=1S/C14H14N2O2S/c1-9-12(13(17)18-2)19-14(15-9)16-7-10-5-3-4-6-11(10)8-16/h3-6H,7-8H2,1-2H3. The number of benzene rings is 1. The number of carbonyl (C=O) groups excluding carboxylic acids is 1. The van der Waals surface area contributed by atoms with Crippen LogP contribution in [0.3, 0.4) is 0 Å². The first-order valence-corrected chi connectivity index (χ1v) is 6.88. The van der Waals surface area contributed by atoms with Gasteiger partial charge < -0.3 is 9.64 Å². The van der Waals surface area contributed by atoms with Gasteiger partial charge in [-0.2, -0.15) is 0 Å². The number of methoxy groups -OCH3 is 1. The van der Waals surface area contributed by atoms with Gasteiger partial charge >= 0.3 is 5.97 Å². The van der Waals surface area contributed by atoms with Crippen molar-refractivity contribution in [2.75, 3.05) is 12.0 Å². The number of rotatable bonds is 2. The number of aryl methyl sites for hydroxylation is 1. The first kappa shape index (κ1) is 12.2. The molecule has 3 rings (SSSR count). The highest BCUT2D eigenvalue weighted by Crippen LogP contribution is 2.32. The van der Waals surface area contributed by atoms with Gasteiger partial charge in [-0.15, -0.1) is 0 Å². The lowest BCUT2D eigenvalue weighted by Crippen LogP contribution is -2.13. The van der Waals surface area contributed by atoms with E-state index < -0.39 is 0 Å². The molecule has 1 aliphatic heterocycles. The van der Waals surface area contributed by atoms with Gasteiger partial charge in [0.25, 0.3) is 0 Å². The van der Waals surface area contributed by atoms with Gasteiger partial charge in [-0.05, 0) is 18.1 Å². The Labute approximate surface area is 115 Å². The summed E-state index contributed by atoms with van der Waals surface area (Å²) in [6.07, 6.45) is 0. The molecule has 98 valence electrons. The molecule has 0 saturated carbocycles. The summed E-state index contributed by atoms with van der Waals surface area (Å²) < 4.78 is 4.77. The maximum absolute atomic E-state index is 11.6. The van der Waals surface area contributed by atoms with E-state index in [9.17, 15) is 4.79 Å². The Morgan fingerprint density at radius 1 is 1.32 bits per heavy atom. The van der Waals surface area contributed by atoms with Crippen molar-refractivity contribution in [3.63, 3.8) is 0 Å². The van der Waals surface area contributed by atoms with Crippen molar-refractivity contribution in [1.29, 1.82) is 0 Å². The van der Waals surface area contributed by atoms with Crippen LogP contribution in [0.5, 0.6) is 0 Å². The SMILES string of the molecule is COC(=O)c1sc(N2Cc3ccccc3C2)nc1C. The highest BCUT2D eigenvalue weighted by atomic mass is 32.1. The third-order valence-electron chi connectivity index (χ3n) is 3.27. The fraction of sp³-hybridized carbons (Fsp3) is 0.286. The summed E-state index contributed by atoms with van der Waals surface area (Å²) in [5.41, 5.74) is 3.40. The van der Waals surface area contributed by atoms with Gasteiger partial charge in [0, 0.05) is 13.1 Å². The van der Waals surface area contributed by atoms with Crippen LogP contribution < -0.4 is 4.90 Å². The van der Waals surface area contributed by atoms with Crippen LogP contribution in [0.4, 0.5) is 5.13 Å². The van der Waals surface area contributed by atoms with E-state index in [2.05, 4.69) is 34.1 Å². The minimum absolute atomic E-state index is 0.307. The largest absolute Gasteiger partial charge is 0.465 e. The van der Waals surface area contributed by atoms with E-state index >= 15 is 0 Å². The summed E-state index contributed by atoms with van der Waals surface area (Å²) in [4.78, 5) is 18.9. The highest BCUT2D eigenvalue weighted by Gasteiger charge is 2.24. The smallest absolute Gasteiger partial charge is 0.350 e. The molecule has 2 heterocycles. The van der Waals surface area contributed by atoms with Crippen LogP contribution in [0.15, 0.2) is 24.3 Å². The molecule has 19 heavy (non-hydrogen) atoms. The normalized spacial score (nSPS) is 13.5. The Hall–Kier alpha value is -1.88. The van der Waals surface area contributed by atoms with E-state index in [0.717, 1.165) is 23.9 Å². The number of carbonyl (C=O) groups is 1. The van der Waals surface area contributed by atoms with Gasteiger partial charge in [-0.3, -0.25) is 0 Å². The zero-order chi connectivity index (χ0) is 13.4. The van der Waals surface area contributed by atoms with E-state index in [1.165, 1.54) is 29.6 Å². The number of fused-ring (bicyclic) bond motifs is 1. The van der Waals surface area contributed by atoms with E-state index in [1.807, 2.05) is 6.92 Å². The number of aromatic nitrogens is 1. The van der Waals surface area contributed by atoms with Crippen LogP contribution in [0.25, 0.3) is 0 Å². The van der Waals surface area contributed by atoms with Crippen molar-refractivity contribution in [1.82, 2.24) is 4.98 Å². The van der Waals surface area contributed by atoms with Crippen LogP contribution in [0.1, 0.15) is 26.5 Å². The van der Waals surface area contributed by atoms with Crippen molar-refractivity contribution < 1.29 is 9.53 Å². The predicted octanol–water partition coefficient (Wildman–Crippen LogP) is 2.76. The lowest BCUT2D eigenvalue weighted by Gasteiger charge is -2.12. The van der Waals surface area contributed by atoms with Gasteiger partial charge in [0.1, 0.15) is 4.88 Å². The molecule has 0 radical (unpaired) electrons. The molecular weight excluding hydrogens is 260 g/mol. The van der Waals surface area contributed by atoms with Crippen molar-refractivity contribution in [2.24, 2.45) is 0 Å². The van der Waals surface area contributed by atoms with Crippen LogP contribution in [0.2, 0.25) is 0 Å². The average molecular weight is 274 g/mol. The third-order valence-corrected chi connectivity index (χ3v) is 4.47. The molecule has 4 nitrogen and oxygen atoms in total. The molecule has 0 amide bonds. The third kappa shape index (κ3) is 2.10. The summed E-state index contributed by atoms with van der Waals surface area (Å²) in [5, 5.41) is 0.883. The van der Waals surface area contributed by atoms with E-state index in [-0.39, 0.29) is 5.97 Å². The minimum Gasteiger partial charge on any atom is -0.465 e. The molecule has 1 aliphatic rings. The van der Waals surface area contributed by atoms with Crippen LogP contribution in [-0.4, -0.2) is 18.1 Å². The predicted molar refractivity (Wildman–Crippen MR) is 74.5 cm³/mol. The molecule has 0 bridgehead atoms. The molecule has 1 aromatic carbocycles. The monoisotopic (exact) mass is 274 g/mol. The fourth-order valence-electron chi connectivity index (χ4n) is 2.27. The summed E-state index contributed by atoms with van der Waals surface area (Å²) in [6, 6.07) is 8.37. The highest BCUT2D eigenvalue weighted by molar-refractivity contribution is 7.17. The number of anilines is 1. The Kier molecular flexibility index (Phi) is 2.98. The Bertz CT molecular complexity index is 611. The van der Waals surface area contributed by atoms with E-state index in [0.29, 0.717) is 4.88 Å². The molecule has 2 aromatic rings. The van der Waals surface area contributed by atoms with Crippen LogP contribution >= 0.6 is 11.3 Å². The van der Waals surface area contributed by atoms with Gasteiger partial charge in [0.05, 0.1) is 12.8 Å². The molecule has 5 heteroatoms. The first-order chi connectivity index (χ1) is 9.19. The molecular formula is C14H14N2O2S. The van der Waals surface area contributed by atoms with Crippen LogP contribution in [0, 0.1) is 6.92 Å². The van der Waals surface area contributed by atoms with Gasteiger partial charge in [-0.1, -0.05) is 35.6 Å². The van der Waals surface area contributed by atoms with E-state index in [1.54, 1.807) is 0 Å². The van der Waals surface area contributed by atoms with Crippen molar-refractivity contribution in [2.45, 2.75) is 20.0 Å². The van der Waals surface area contributed by atoms with Crippen LogP contribution in [-0.2, 0) is 17.8 Å².